The van der Waals surface area contributed by atoms with Crippen LogP contribution in [0.4, 0.5) is 5.69 Å². The summed E-state index contributed by atoms with van der Waals surface area (Å²) in [7, 11) is 0. The van der Waals surface area contributed by atoms with Crippen LogP contribution in [0.25, 0.3) is 11.4 Å². The van der Waals surface area contributed by atoms with Crippen LogP contribution < -0.4 is 10.2 Å². The monoisotopic (exact) mass is 230 g/mol. The first-order chi connectivity index (χ1) is 8.43. The molecule has 0 bridgehead atoms. The molecule has 0 aromatic carbocycles. The SMILES string of the molecule is c1cc(-c2cn[nH]n2)ncc1N1CCNCC1. The van der Waals surface area contributed by atoms with E-state index in [0.29, 0.717) is 0 Å². The molecule has 0 unspecified atom stereocenters. The van der Waals surface area contributed by atoms with Gasteiger partial charge in [-0.3, -0.25) is 4.98 Å². The van der Waals surface area contributed by atoms with Gasteiger partial charge in [-0.2, -0.15) is 15.4 Å². The average molecular weight is 230 g/mol. The van der Waals surface area contributed by atoms with Gasteiger partial charge in [-0.05, 0) is 12.1 Å². The average Bonchev–Trinajstić information content (AvgIpc) is 2.94. The van der Waals surface area contributed by atoms with Gasteiger partial charge in [0.2, 0.25) is 0 Å². The van der Waals surface area contributed by atoms with Crippen molar-refractivity contribution >= 4 is 5.69 Å². The second kappa shape index (κ2) is 4.50. The number of rotatable bonds is 2. The van der Waals surface area contributed by atoms with Crippen LogP contribution in [0, 0.1) is 0 Å². The lowest BCUT2D eigenvalue weighted by atomic mass is 10.2. The summed E-state index contributed by atoms with van der Waals surface area (Å²) in [5.41, 5.74) is 2.79. The summed E-state index contributed by atoms with van der Waals surface area (Å²) < 4.78 is 0. The molecule has 3 rings (SSSR count). The Kier molecular flexibility index (Phi) is 2.71. The van der Waals surface area contributed by atoms with Crippen molar-refractivity contribution in [1.82, 2.24) is 25.7 Å². The molecule has 3 heterocycles. The Balaban J connectivity index is 1.80. The van der Waals surface area contributed by atoms with E-state index in [2.05, 4.69) is 36.7 Å². The highest BCUT2D eigenvalue weighted by Crippen LogP contribution is 2.18. The molecule has 0 radical (unpaired) electrons. The standard InChI is InChI=1S/C11H14N6/c1-2-10(11-8-14-16-15-11)13-7-9(1)17-5-3-12-4-6-17/h1-2,7-8,12H,3-6H2,(H,14,15,16). The number of aromatic amines is 1. The predicted octanol–water partition coefficient (Wildman–Crippen LogP) is 0.276. The van der Waals surface area contributed by atoms with Gasteiger partial charge in [0.25, 0.3) is 0 Å². The number of nitrogens with one attached hydrogen (secondary N) is 2. The lowest BCUT2D eigenvalue weighted by Crippen LogP contribution is -2.43. The van der Waals surface area contributed by atoms with E-state index in [9.17, 15) is 0 Å². The number of hydrogen-bond donors (Lipinski definition) is 2. The Morgan fingerprint density at radius 1 is 1.06 bits per heavy atom. The minimum Gasteiger partial charge on any atom is -0.368 e. The molecule has 1 fully saturated rings. The molecule has 88 valence electrons. The van der Waals surface area contributed by atoms with Crippen molar-refractivity contribution in [2.24, 2.45) is 0 Å². The van der Waals surface area contributed by atoms with Crippen LogP contribution in [0.3, 0.4) is 0 Å². The summed E-state index contributed by atoms with van der Waals surface area (Å²) in [6, 6.07) is 4.07. The molecule has 2 aromatic heterocycles. The Labute approximate surface area is 99.1 Å². The van der Waals surface area contributed by atoms with E-state index in [0.717, 1.165) is 37.6 Å². The molecule has 1 saturated heterocycles. The number of piperazine rings is 1. The van der Waals surface area contributed by atoms with Crippen LogP contribution in [-0.2, 0) is 0 Å². The molecule has 6 heteroatoms. The van der Waals surface area contributed by atoms with Crippen molar-refractivity contribution in [3.8, 4) is 11.4 Å². The molecule has 0 amide bonds. The molecule has 0 aliphatic carbocycles. The lowest BCUT2D eigenvalue weighted by Gasteiger charge is -2.29. The van der Waals surface area contributed by atoms with Crippen molar-refractivity contribution in [3.05, 3.63) is 24.5 Å². The summed E-state index contributed by atoms with van der Waals surface area (Å²) in [6.07, 6.45) is 3.57. The van der Waals surface area contributed by atoms with Gasteiger partial charge in [0, 0.05) is 26.2 Å². The van der Waals surface area contributed by atoms with Gasteiger partial charge >= 0.3 is 0 Å². The minimum atomic E-state index is 0.775. The smallest absolute Gasteiger partial charge is 0.131 e. The zero-order valence-electron chi connectivity index (χ0n) is 9.43. The first kappa shape index (κ1) is 10.2. The van der Waals surface area contributed by atoms with E-state index >= 15 is 0 Å². The van der Waals surface area contributed by atoms with Gasteiger partial charge in [0.05, 0.1) is 23.8 Å². The fourth-order valence-corrected chi connectivity index (χ4v) is 1.97. The number of nitrogens with zero attached hydrogens (tertiary/aromatic N) is 4. The minimum absolute atomic E-state index is 0.775. The van der Waals surface area contributed by atoms with Crippen LogP contribution in [0.2, 0.25) is 0 Å². The molecule has 17 heavy (non-hydrogen) atoms. The first-order valence-electron chi connectivity index (χ1n) is 5.71. The maximum Gasteiger partial charge on any atom is 0.131 e. The van der Waals surface area contributed by atoms with Crippen LogP contribution >= 0.6 is 0 Å². The molecular weight excluding hydrogens is 216 g/mol. The van der Waals surface area contributed by atoms with Crippen molar-refractivity contribution < 1.29 is 0 Å². The maximum absolute atomic E-state index is 4.41. The highest BCUT2D eigenvalue weighted by molar-refractivity contribution is 5.56. The highest BCUT2D eigenvalue weighted by Gasteiger charge is 2.11. The van der Waals surface area contributed by atoms with Gasteiger partial charge in [0.1, 0.15) is 5.69 Å². The van der Waals surface area contributed by atoms with E-state index in [4.69, 9.17) is 0 Å². The summed E-state index contributed by atoms with van der Waals surface area (Å²) in [4.78, 5) is 6.74. The fourth-order valence-electron chi connectivity index (χ4n) is 1.97. The molecule has 0 atom stereocenters. The van der Waals surface area contributed by atoms with E-state index in [1.807, 2.05) is 12.3 Å². The zero-order valence-corrected chi connectivity index (χ0v) is 9.43. The normalized spacial score (nSPS) is 16.1. The summed E-state index contributed by atoms with van der Waals surface area (Å²) in [5, 5.41) is 13.7. The molecule has 0 spiro atoms. The number of anilines is 1. The number of pyridine rings is 1. The van der Waals surface area contributed by atoms with Gasteiger partial charge in [-0.25, -0.2) is 0 Å². The van der Waals surface area contributed by atoms with Crippen LogP contribution in [0.1, 0.15) is 0 Å². The van der Waals surface area contributed by atoms with E-state index < -0.39 is 0 Å². The zero-order chi connectivity index (χ0) is 11.5. The second-order valence-corrected chi connectivity index (χ2v) is 3.99. The third-order valence-corrected chi connectivity index (χ3v) is 2.91. The third-order valence-electron chi connectivity index (χ3n) is 2.91. The van der Waals surface area contributed by atoms with E-state index in [-0.39, 0.29) is 0 Å². The molecule has 1 aliphatic rings. The van der Waals surface area contributed by atoms with Gasteiger partial charge in [-0.15, -0.1) is 0 Å². The van der Waals surface area contributed by atoms with Crippen molar-refractivity contribution in [2.75, 3.05) is 31.1 Å². The van der Waals surface area contributed by atoms with Gasteiger partial charge < -0.3 is 10.2 Å². The summed E-state index contributed by atoms with van der Waals surface area (Å²) in [6.45, 7) is 4.13. The van der Waals surface area contributed by atoms with Crippen LogP contribution in [0.15, 0.2) is 24.5 Å². The summed E-state index contributed by atoms with van der Waals surface area (Å²) in [5.74, 6) is 0. The molecule has 0 saturated carbocycles. The summed E-state index contributed by atoms with van der Waals surface area (Å²) >= 11 is 0. The maximum atomic E-state index is 4.41. The Morgan fingerprint density at radius 2 is 1.94 bits per heavy atom. The Bertz CT molecular complexity index is 457. The Morgan fingerprint density at radius 3 is 2.59 bits per heavy atom. The fraction of sp³-hybridized carbons (Fsp3) is 0.364. The Hall–Kier alpha value is -1.95. The van der Waals surface area contributed by atoms with Crippen molar-refractivity contribution in [2.45, 2.75) is 0 Å². The largest absolute Gasteiger partial charge is 0.368 e. The molecule has 1 aliphatic heterocycles. The van der Waals surface area contributed by atoms with Crippen molar-refractivity contribution in [1.29, 1.82) is 0 Å². The van der Waals surface area contributed by atoms with Crippen molar-refractivity contribution in [3.63, 3.8) is 0 Å². The number of H-pyrrole nitrogens is 1. The molecule has 6 nitrogen and oxygen atoms in total. The molecule has 2 aromatic rings. The third kappa shape index (κ3) is 2.12. The molecule has 2 N–H and O–H groups in total. The number of hydrogen-bond acceptors (Lipinski definition) is 5. The quantitative estimate of drug-likeness (QED) is 0.775. The lowest BCUT2D eigenvalue weighted by molar-refractivity contribution is 0.589. The van der Waals surface area contributed by atoms with Gasteiger partial charge in [0.15, 0.2) is 0 Å². The topological polar surface area (TPSA) is 69.7 Å². The van der Waals surface area contributed by atoms with Gasteiger partial charge in [-0.1, -0.05) is 0 Å². The van der Waals surface area contributed by atoms with E-state index in [1.165, 1.54) is 5.69 Å². The van der Waals surface area contributed by atoms with Crippen LogP contribution in [0.5, 0.6) is 0 Å². The predicted molar refractivity (Wildman–Crippen MR) is 64.7 cm³/mol. The molecular formula is C11H14N6. The van der Waals surface area contributed by atoms with E-state index in [1.54, 1.807) is 6.20 Å². The number of aromatic nitrogens is 4. The highest BCUT2D eigenvalue weighted by atomic mass is 15.3. The van der Waals surface area contributed by atoms with Crippen LogP contribution in [-0.4, -0.2) is 46.6 Å². The second-order valence-electron chi connectivity index (χ2n) is 3.99. The first-order valence-corrected chi connectivity index (χ1v) is 5.71.